The van der Waals surface area contributed by atoms with Gasteiger partial charge in [0.2, 0.25) is 0 Å². The summed E-state index contributed by atoms with van der Waals surface area (Å²) in [6.07, 6.45) is 0. The van der Waals surface area contributed by atoms with Crippen LogP contribution in [0.3, 0.4) is 0 Å². The highest BCUT2D eigenvalue weighted by Gasteiger charge is 2.36. The van der Waals surface area contributed by atoms with Crippen molar-refractivity contribution in [3.63, 3.8) is 0 Å². The standard InChI is InChI=1S/C9H7I3O3/c1-9(15,8(13)14)7-5(11)2-4(10)3-6(7)12/h2-3,15H,1H3,(H,13,14). The van der Waals surface area contributed by atoms with Gasteiger partial charge in [-0.25, -0.2) is 4.79 Å². The molecule has 0 aliphatic carbocycles. The van der Waals surface area contributed by atoms with E-state index in [0.717, 1.165) is 10.7 Å². The molecule has 2 N–H and O–H groups in total. The van der Waals surface area contributed by atoms with Crippen molar-refractivity contribution in [3.8, 4) is 0 Å². The van der Waals surface area contributed by atoms with Gasteiger partial charge in [0.05, 0.1) is 0 Å². The molecule has 1 aromatic rings. The third-order valence-corrected chi connectivity index (χ3v) is 4.23. The summed E-state index contributed by atoms with van der Waals surface area (Å²) in [6, 6.07) is 3.69. The van der Waals surface area contributed by atoms with Gasteiger partial charge in [-0.3, -0.25) is 0 Å². The smallest absolute Gasteiger partial charge is 0.340 e. The Bertz CT molecular complexity index is 392. The number of benzene rings is 1. The van der Waals surface area contributed by atoms with Gasteiger partial charge < -0.3 is 10.2 Å². The van der Waals surface area contributed by atoms with Gasteiger partial charge in [0, 0.05) is 16.3 Å². The molecule has 1 unspecified atom stereocenters. The summed E-state index contributed by atoms with van der Waals surface area (Å²) in [6.45, 7) is 1.29. The maximum atomic E-state index is 11.0. The van der Waals surface area contributed by atoms with Crippen LogP contribution in [0.25, 0.3) is 0 Å². The molecule has 0 aliphatic rings. The molecule has 0 amide bonds. The molecule has 0 bridgehead atoms. The monoisotopic (exact) mass is 544 g/mol. The van der Waals surface area contributed by atoms with E-state index in [1.54, 1.807) is 0 Å². The third kappa shape index (κ3) is 2.94. The zero-order valence-corrected chi connectivity index (χ0v) is 14.1. The third-order valence-electron chi connectivity index (χ3n) is 1.91. The Morgan fingerprint density at radius 3 is 2.00 bits per heavy atom. The first-order chi connectivity index (χ1) is 6.76. The molecule has 0 aliphatic heterocycles. The highest BCUT2D eigenvalue weighted by atomic mass is 127. The summed E-state index contributed by atoms with van der Waals surface area (Å²) in [5, 5.41) is 18.9. The molecule has 6 heteroatoms. The first-order valence-corrected chi connectivity index (χ1v) is 7.11. The fourth-order valence-corrected chi connectivity index (χ4v) is 5.75. The van der Waals surface area contributed by atoms with E-state index in [0.29, 0.717) is 5.56 Å². The van der Waals surface area contributed by atoms with Crippen LogP contribution in [0.5, 0.6) is 0 Å². The van der Waals surface area contributed by atoms with E-state index < -0.39 is 11.6 Å². The number of hydrogen-bond donors (Lipinski definition) is 2. The lowest BCUT2D eigenvalue weighted by Gasteiger charge is -2.21. The second-order valence-electron chi connectivity index (χ2n) is 3.12. The highest BCUT2D eigenvalue weighted by molar-refractivity contribution is 14.1. The van der Waals surface area contributed by atoms with Gasteiger partial charge in [-0.1, -0.05) is 0 Å². The van der Waals surface area contributed by atoms with Crippen LogP contribution in [-0.2, 0) is 10.4 Å². The number of halogens is 3. The van der Waals surface area contributed by atoms with E-state index in [4.69, 9.17) is 5.11 Å². The predicted molar refractivity (Wildman–Crippen MR) is 81.8 cm³/mol. The highest BCUT2D eigenvalue weighted by Crippen LogP contribution is 2.31. The molecule has 15 heavy (non-hydrogen) atoms. The zero-order chi connectivity index (χ0) is 11.8. The van der Waals surface area contributed by atoms with Gasteiger partial charge in [0.15, 0.2) is 5.60 Å². The number of aliphatic carboxylic acids is 1. The Labute approximate surface area is 128 Å². The summed E-state index contributed by atoms with van der Waals surface area (Å²) in [5.74, 6) is -1.24. The molecule has 0 saturated heterocycles. The lowest BCUT2D eigenvalue weighted by Crippen LogP contribution is -2.33. The Hall–Kier alpha value is 0.840. The van der Waals surface area contributed by atoms with E-state index >= 15 is 0 Å². The summed E-state index contributed by atoms with van der Waals surface area (Å²) in [5.41, 5.74) is -1.38. The van der Waals surface area contributed by atoms with E-state index in [1.165, 1.54) is 6.92 Å². The summed E-state index contributed by atoms with van der Waals surface area (Å²) in [4.78, 5) is 11.0. The van der Waals surface area contributed by atoms with Crippen molar-refractivity contribution in [2.24, 2.45) is 0 Å². The van der Waals surface area contributed by atoms with Gasteiger partial charge in [0.1, 0.15) is 0 Å². The summed E-state index contributed by atoms with van der Waals surface area (Å²) >= 11 is 6.23. The Morgan fingerprint density at radius 2 is 1.67 bits per heavy atom. The van der Waals surface area contributed by atoms with Gasteiger partial charge >= 0.3 is 5.97 Å². The average Bonchev–Trinajstić information content (AvgIpc) is 2.00. The van der Waals surface area contributed by atoms with E-state index in [1.807, 2.05) is 57.3 Å². The van der Waals surface area contributed by atoms with Gasteiger partial charge in [-0.05, 0) is 86.8 Å². The van der Waals surface area contributed by atoms with Crippen molar-refractivity contribution in [2.45, 2.75) is 12.5 Å². The van der Waals surface area contributed by atoms with Gasteiger partial charge in [-0.2, -0.15) is 0 Å². The van der Waals surface area contributed by atoms with Crippen LogP contribution in [-0.4, -0.2) is 16.2 Å². The van der Waals surface area contributed by atoms with Crippen LogP contribution in [0.4, 0.5) is 0 Å². The number of carboxylic acid groups (broad SMARTS) is 1. The van der Waals surface area contributed by atoms with Crippen LogP contribution >= 0.6 is 67.8 Å². The second kappa shape index (κ2) is 5.00. The first kappa shape index (κ1) is 13.9. The van der Waals surface area contributed by atoms with Crippen molar-refractivity contribution >= 4 is 73.7 Å². The van der Waals surface area contributed by atoms with Crippen molar-refractivity contribution in [1.82, 2.24) is 0 Å². The lowest BCUT2D eigenvalue weighted by molar-refractivity contribution is -0.157. The minimum Gasteiger partial charge on any atom is -0.479 e. The Morgan fingerprint density at radius 1 is 1.27 bits per heavy atom. The molecule has 3 nitrogen and oxygen atoms in total. The van der Waals surface area contributed by atoms with Crippen molar-refractivity contribution in [1.29, 1.82) is 0 Å². The number of carbonyl (C=O) groups is 1. The van der Waals surface area contributed by atoms with Crippen LogP contribution in [0.15, 0.2) is 12.1 Å². The van der Waals surface area contributed by atoms with Crippen LogP contribution in [0.2, 0.25) is 0 Å². The van der Waals surface area contributed by atoms with E-state index in [9.17, 15) is 9.90 Å². The number of aliphatic hydroxyl groups is 1. The maximum absolute atomic E-state index is 11.0. The maximum Gasteiger partial charge on any atom is 0.340 e. The Kier molecular flexibility index (Phi) is 4.64. The molecule has 0 fully saturated rings. The molecule has 0 heterocycles. The van der Waals surface area contributed by atoms with Crippen LogP contribution in [0.1, 0.15) is 12.5 Å². The minimum atomic E-state index is -1.84. The Balaban J connectivity index is 3.44. The molecule has 1 rings (SSSR count). The predicted octanol–water partition coefficient (Wildman–Crippen LogP) is 2.79. The number of rotatable bonds is 2. The zero-order valence-electron chi connectivity index (χ0n) is 7.59. The fraction of sp³-hybridized carbons (Fsp3) is 0.222. The SMILES string of the molecule is CC(O)(C(=O)O)c1c(I)cc(I)cc1I. The molecule has 0 spiro atoms. The molecule has 0 radical (unpaired) electrons. The largest absolute Gasteiger partial charge is 0.479 e. The minimum absolute atomic E-state index is 0.455. The lowest BCUT2D eigenvalue weighted by atomic mass is 9.96. The first-order valence-electron chi connectivity index (χ1n) is 3.87. The normalized spacial score (nSPS) is 14.7. The summed E-state index contributed by atoms with van der Waals surface area (Å²) < 4.78 is 2.54. The number of hydrogen-bond acceptors (Lipinski definition) is 2. The van der Waals surface area contributed by atoms with Gasteiger partial charge in [-0.15, -0.1) is 0 Å². The van der Waals surface area contributed by atoms with Crippen molar-refractivity contribution < 1.29 is 15.0 Å². The van der Waals surface area contributed by atoms with Crippen molar-refractivity contribution in [2.75, 3.05) is 0 Å². The molecule has 1 aromatic carbocycles. The van der Waals surface area contributed by atoms with E-state index in [-0.39, 0.29) is 0 Å². The molecule has 0 saturated carbocycles. The fourth-order valence-electron chi connectivity index (χ4n) is 1.11. The topological polar surface area (TPSA) is 57.5 Å². The van der Waals surface area contributed by atoms with Crippen LogP contribution < -0.4 is 0 Å². The molecule has 1 atom stereocenters. The quantitative estimate of drug-likeness (QED) is 0.564. The van der Waals surface area contributed by atoms with Gasteiger partial charge in [0.25, 0.3) is 0 Å². The molecular weight excluding hydrogens is 537 g/mol. The average molecular weight is 544 g/mol. The van der Waals surface area contributed by atoms with Crippen molar-refractivity contribution in [3.05, 3.63) is 28.4 Å². The second-order valence-corrected chi connectivity index (χ2v) is 6.69. The molecule has 0 aromatic heterocycles. The van der Waals surface area contributed by atoms with E-state index in [2.05, 4.69) is 22.6 Å². The molecular formula is C9H7I3O3. The van der Waals surface area contributed by atoms with Crippen LogP contribution in [0, 0.1) is 10.7 Å². The number of carboxylic acids is 1. The molecule has 82 valence electrons. The summed E-state index contributed by atoms with van der Waals surface area (Å²) in [7, 11) is 0.